The molecule has 0 saturated carbocycles. The minimum absolute atomic E-state index is 0.240. The Balaban J connectivity index is 2.03. The molecule has 0 N–H and O–H groups in total. The number of carbonyl (C=O) groups is 1. The lowest BCUT2D eigenvalue weighted by Crippen LogP contribution is -2.19. The molecule has 0 radical (unpaired) electrons. The third-order valence-corrected chi connectivity index (χ3v) is 3.38. The number of esters is 1. The summed E-state index contributed by atoms with van der Waals surface area (Å²) in [5.74, 6) is -0.240. The van der Waals surface area contributed by atoms with Gasteiger partial charge in [-0.2, -0.15) is 0 Å². The van der Waals surface area contributed by atoms with E-state index in [0.717, 1.165) is 23.0 Å². The Bertz CT molecular complexity index is 768. The summed E-state index contributed by atoms with van der Waals surface area (Å²) in [5.41, 5.74) is 2.47. The van der Waals surface area contributed by atoms with E-state index >= 15 is 0 Å². The molecule has 5 nitrogen and oxygen atoms in total. The molecule has 0 spiro atoms. The first-order valence-corrected chi connectivity index (χ1v) is 7.34. The first kappa shape index (κ1) is 14.3. The van der Waals surface area contributed by atoms with Gasteiger partial charge in [-0.25, -0.2) is 4.68 Å². The Labute approximate surface area is 128 Å². The van der Waals surface area contributed by atoms with Crippen LogP contribution in [0.1, 0.15) is 31.6 Å². The van der Waals surface area contributed by atoms with E-state index < -0.39 is 6.23 Å². The molecule has 112 valence electrons. The minimum atomic E-state index is -0.604. The summed E-state index contributed by atoms with van der Waals surface area (Å²) in [6.45, 7) is 1.95. The number of ether oxygens (including phenoxy) is 1. The van der Waals surface area contributed by atoms with Crippen LogP contribution in [0.5, 0.6) is 0 Å². The predicted octanol–water partition coefficient (Wildman–Crippen LogP) is 3.32. The fraction of sp³-hybridized carbons (Fsp3) is 0.235. The molecule has 1 heterocycles. The Morgan fingerprint density at radius 2 is 1.86 bits per heavy atom. The van der Waals surface area contributed by atoms with E-state index in [1.165, 1.54) is 0 Å². The van der Waals surface area contributed by atoms with Gasteiger partial charge < -0.3 is 4.74 Å². The molecule has 0 aliphatic heterocycles. The molecular weight excluding hydrogens is 278 g/mol. The van der Waals surface area contributed by atoms with E-state index in [0.29, 0.717) is 6.42 Å². The Morgan fingerprint density at radius 3 is 2.64 bits per heavy atom. The van der Waals surface area contributed by atoms with E-state index in [-0.39, 0.29) is 5.97 Å². The van der Waals surface area contributed by atoms with Gasteiger partial charge in [0.15, 0.2) is 0 Å². The number of fused-ring (bicyclic) bond motifs is 1. The van der Waals surface area contributed by atoms with Crippen LogP contribution in [0.3, 0.4) is 0 Å². The summed E-state index contributed by atoms with van der Waals surface area (Å²) in [7, 11) is 0. The number of rotatable bonds is 5. The highest BCUT2D eigenvalue weighted by Crippen LogP contribution is 2.24. The van der Waals surface area contributed by atoms with Crippen LogP contribution >= 0.6 is 0 Å². The van der Waals surface area contributed by atoms with Crippen molar-refractivity contribution in [1.82, 2.24) is 15.0 Å². The van der Waals surface area contributed by atoms with Gasteiger partial charge in [0, 0.05) is 12.0 Å². The third kappa shape index (κ3) is 2.83. The zero-order valence-electron chi connectivity index (χ0n) is 12.3. The number of aromatic nitrogens is 3. The predicted molar refractivity (Wildman–Crippen MR) is 83.1 cm³/mol. The lowest BCUT2D eigenvalue weighted by Gasteiger charge is -2.18. The maximum Gasteiger partial charge on any atom is 0.308 e. The van der Waals surface area contributed by atoms with Crippen LogP contribution in [0.2, 0.25) is 0 Å². The molecule has 0 amide bonds. The number of para-hydroxylation sites is 1. The standard InChI is InChI=1S/C17H17N3O2/c1-2-8-16(21)22-17(13-9-4-3-5-10-13)20-15-12-7-6-11-14(15)18-19-20/h3-7,9-12,17H,2,8H2,1H3. The van der Waals surface area contributed by atoms with Gasteiger partial charge in [-0.15, -0.1) is 5.10 Å². The molecule has 0 fully saturated rings. The van der Waals surface area contributed by atoms with Crippen molar-refractivity contribution in [3.05, 3.63) is 60.2 Å². The molecular formula is C17H17N3O2. The molecule has 22 heavy (non-hydrogen) atoms. The molecule has 0 saturated heterocycles. The number of carbonyl (C=O) groups excluding carboxylic acids is 1. The van der Waals surface area contributed by atoms with Gasteiger partial charge in [0.1, 0.15) is 5.52 Å². The second-order valence-electron chi connectivity index (χ2n) is 5.03. The minimum Gasteiger partial charge on any atom is -0.435 e. The van der Waals surface area contributed by atoms with E-state index in [1.807, 2.05) is 61.5 Å². The normalized spacial score (nSPS) is 12.2. The Kier molecular flexibility index (Phi) is 4.14. The number of hydrogen-bond donors (Lipinski definition) is 0. The van der Waals surface area contributed by atoms with Crippen molar-refractivity contribution in [1.29, 1.82) is 0 Å². The molecule has 1 unspecified atom stereocenters. The number of benzene rings is 2. The van der Waals surface area contributed by atoms with Crippen molar-refractivity contribution in [2.45, 2.75) is 26.0 Å². The van der Waals surface area contributed by atoms with Gasteiger partial charge in [-0.05, 0) is 18.6 Å². The zero-order chi connectivity index (χ0) is 15.4. The Morgan fingerprint density at radius 1 is 1.14 bits per heavy atom. The highest BCUT2D eigenvalue weighted by molar-refractivity contribution is 5.74. The van der Waals surface area contributed by atoms with Crippen LogP contribution in [0.15, 0.2) is 54.6 Å². The second kappa shape index (κ2) is 6.39. The van der Waals surface area contributed by atoms with Gasteiger partial charge in [0.05, 0.1) is 5.52 Å². The van der Waals surface area contributed by atoms with Crippen molar-refractivity contribution in [2.75, 3.05) is 0 Å². The molecule has 5 heteroatoms. The first-order valence-electron chi connectivity index (χ1n) is 7.34. The van der Waals surface area contributed by atoms with Crippen molar-refractivity contribution >= 4 is 17.0 Å². The molecule has 0 aliphatic carbocycles. The van der Waals surface area contributed by atoms with Crippen LogP contribution in [0, 0.1) is 0 Å². The molecule has 3 aromatic rings. The van der Waals surface area contributed by atoms with Crippen LogP contribution in [-0.4, -0.2) is 21.0 Å². The van der Waals surface area contributed by atoms with Gasteiger partial charge in [0.2, 0.25) is 6.23 Å². The van der Waals surface area contributed by atoms with Crippen molar-refractivity contribution in [3.8, 4) is 0 Å². The molecule has 1 atom stereocenters. The lowest BCUT2D eigenvalue weighted by molar-refractivity contribution is -0.151. The van der Waals surface area contributed by atoms with E-state index in [2.05, 4.69) is 10.3 Å². The van der Waals surface area contributed by atoms with Crippen LogP contribution < -0.4 is 0 Å². The highest BCUT2D eigenvalue weighted by Gasteiger charge is 2.21. The van der Waals surface area contributed by atoms with Crippen LogP contribution in [-0.2, 0) is 9.53 Å². The van der Waals surface area contributed by atoms with Gasteiger partial charge >= 0.3 is 5.97 Å². The lowest BCUT2D eigenvalue weighted by atomic mass is 10.2. The van der Waals surface area contributed by atoms with Gasteiger partial charge in [-0.3, -0.25) is 4.79 Å². The maximum absolute atomic E-state index is 12.0. The van der Waals surface area contributed by atoms with E-state index in [1.54, 1.807) is 4.68 Å². The SMILES string of the molecule is CCCC(=O)OC(c1ccccc1)n1nnc2ccccc21. The summed E-state index contributed by atoms with van der Waals surface area (Å²) in [6.07, 6.45) is 0.529. The van der Waals surface area contributed by atoms with Gasteiger partial charge in [-0.1, -0.05) is 54.6 Å². The fourth-order valence-electron chi connectivity index (χ4n) is 2.32. The van der Waals surface area contributed by atoms with Crippen LogP contribution in [0.25, 0.3) is 11.0 Å². The largest absolute Gasteiger partial charge is 0.435 e. The molecule has 1 aromatic heterocycles. The van der Waals surface area contributed by atoms with Crippen LogP contribution in [0.4, 0.5) is 0 Å². The second-order valence-corrected chi connectivity index (χ2v) is 5.03. The topological polar surface area (TPSA) is 57.0 Å². The number of hydrogen-bond acceptors (Lipinski definition) is 4. The third-order valence-electron chi connectivity index (χ3n) is 3.38. The maximum atomic E-state index is 12.0. The molecule has 0 bridgehead atoms. The summed E-state index contributed by atoms with van der Waals surface area (Å²) >= 11 is 0. The first-order chi connectivity index (χ1) is 10.8. The zero-order valence-corrected chi connectivity index (χ0v) is 12.3. The summed E-state index contributed by atoms with van der Waals surface area (Å²) < 4.78 is 7.30. The number of nitrogens with zero attached hydrogens (tertiary/aromatic N) is 3. The fourth-order valence-corrected chi connectivity index (χ4v) is 2.32. The summed E-state index contributed by atoms with van der Waals surface area (Å²) in [5, 5.41) is 8.31. The van der Waals surface area contributed by atoms with Crippen molar-refractivity contribution in [3.63, 3.8) is 0 Å². The highest BCUT2D eigenvalue weighted by atomic mass is 16.6. The molecule has 0 aliphatic rings. The quantitative estimate of drug-likeness (QED) is 0.677. The molecule has 2 aromatic carbocycles. The smallest absolute Gasteiger partial charge is 0.308 e. The van der Waals surface area contributed by atoms with Crippen molar-refractivity contribution < 1.29 is 9.53 Å². The average molecular weight is 295 g/mol. The average Bonchev–Trinajstić information content (AvgIpc) is 2.98. The van der Waals surface area contributed by atoms with E-state index in [9.17, 15) is 4.79 Å². The Hall–Kier alpha value is -2.69. The summed E-state index contributed by atoms with van der Waals surface area (Å²) in [6, 6.07) is 17.2. The van der Waals surface area contributed by atoms with Gasteiger partial charge in [0.25, 0.3) is 0 Å². The molecule has 3 rings (SSSR count). The van der Waals surface area contributed by atoms with E-state index in [4.69, 9.17) is 4.74 Å². The summed E-state index contributed by atoms with van der Waals surface area (Å²) in [4.78, 5) is 12.0. The van der Waals surface area contributed by atoms with Crippen molar-refractivity contribution in [2.24, 2.45) is 0 Å². The monoisotopic (exact) mass is 295 g/mol.